The summed E-state index contributed by atoms with van der Waals surface area (Å²) in [4.78, 5) is 50.3. The maximum atomic E-state index is 12.6. The monoisotopic (exact) mass is 608 g/mol. The van der Waals surface area contributed by atoms with Crippen LogP contribution in [0.2, 0.25) is 0 Å². The van der Waals surface area contributed by atoms with E-state index >= 15 is 0 Å². The highest BCUT2D eigenvalue weighted by molar-refractivity contribution is 7.13. The molecule has 42 heavy (non-hydrogen) atoms. The maximum Gasteiger partial charge on any atom is 0.490 e. The Labute approximate surface area is 243 Å². The molecule has 1 atom stereocenters. The van der Waals surface area contributed by atoms with Crippen molar-refractivity contribution < 1.29 is 42.6 Å². The van der Waals surface area contributed by atoms with Gasteiger partial charge >= 0.3 is 18.1 Å². The molecule has 0 bridgehead atoms. The van der Waals surface area contributed by atoms with Crippen molar-refractivity contribution in [3.8, 4) is 0 Å². The highest BCUT2D eigenvalue weighted by Crippen LogP contribution is 2.37. The van der Waals surface area contributed by atoms with Gasteiger partial charge in [-0.2, -0.15) is 13.2 Å². The number of aryl methyl sites for hydroxylation is 1. The van der Waals surface area contributed by atoms with Gasteiger partial charge in [0.05, 0.1) is 5.69 Å². The first-order valence-electron chi connectivity index (χ1n) is 12.8. The molecule has 1 aromatic heterocycles. The first kappa shape index (κ1) is 33.9. The van der Waals surface area contributed by atoms with Gasteiger partial charge in [-0.3, -0.25) is 19.3 Å². The second-order valence-electron chi connectivity index (χ2n) is 9.02. The van der Waals surface area contributed by atoms with Crippen molar-refractivity contribution in [1.29, 1.82) is 0 Å². The maximum absolute atomic E-state index is 12.6. The molecule has 0 aliphatic heterocycles. The topological polar surface area (TPSA) is 177 Å². The minimum atomic E-state index is -5.08. The van der Waals surface area contributed by atoms with Crippen LogP contribution in [-0.2, 0) is 22.6 Å². The zero-order valence-corrected chi connectivity index (χ0v) is 23.5. The van der Waals surface area contributed by atoms with E-state index in [1.807, 2.05) is 12.1 Å². The standard InChI is InChI=1S/C16H16N2O3.C10H14N2OS.C2HF3O2/c17-10-12-5-4-6-13(9-12)16(21)18(11-15(19)20)14-7-2-1-3-8-14;1-2-6-4-3-5-7-8(6)14-10(12-7)9(11)13;3-2(4,5)1(6)7/h1-9H,10-11,17H2,(H,19,20);6H,2-5H2,1H3,(H2,11,13);(H,6,7). The quantitative estimate of drug-likeness (QED) is 0.301. The second-order valence-corrected chi connectivity index (χ2v) is 10.1. The zero-order valence-electron chi connectivity index (χ0n) is 22.6. The SMILES string of the molecule is CCC1CCCc2nc(C(N)=O)sc21.NCc1cccc(C(=O)N(CC(=O)O)c2ccccc2)c1.O=C(O)C(F)(F)F. The molecule has 2 aromatic carbocycles. The van der Waals surface area contributed by atoms with Gasteiger partial charge in [-0.25, -0.2) is 9.78 Å². The molecule has 1 unspecified atom stereocenters. The predicted octanol–water partition coefficient (Wildman–Crippen LogP) is 4.58. The molecule has 4 rings (SSSR count). The van der Waals surface area contributed by atoms with Gasteiger partial charge in [0.15, 0.2) is 5.01 Å². The van der Waals surface area contributed by atoms with Gasteiger partial charge in [-0.1, -0.05) is 37.3 Å². The number of carbonyl (C=O) groups is 4. The number of benzene rings is 2. The molecule has 1 heterocycles. The zero-order chi connectivity index (χ0) is 31.4. The van der Waals surface area contributed by atoms with Crippen molar-refractivity contribution in [2.45, 2.75) is 51.2 Å². The number of primary amides is 1. The van der Waals surface area contributed by atoms with E-state index in [4.69, 9.17) is 26.5 Å². The average Bonchev–Trinajstić information content (AvgIpc) is 3.41. The molecule has 0 saturated heterocycles. The third kappa shape index (κ3) is 9.96. The van der Waals surface area contributed by atoms with Crippen molar-refractivity contribution in [1.82, 2.24) is 4.98 Å². The van der Waals surface area contributed by atoms with Crippen LogP contribution in [0.3, 0.4) is 0 Å². The van der Waals surface area contributed by atoms with Crippen LogP contribution in [0.15, 0.2) is 54.6 Å². The molecule has 2 amide bonds. The lowest BCUT2D eigenvalue weighted by molar-refractivity contribution is -0.192. The van der Waals surface area contributed by atoms with Gasteiger partial charge in [0.25, 0.3) is 11.8 Å². The number of amides is 2. The van der Waals surface area contributed by atoms with Crippen molar-refractivity contribution in [2.75, 3.05) is 11.4 Å². The number of fused-ring (bicyclic) bond motifs is 1. The molecule has 6 N–H and O–H groups in total. The third-order valence-electron chi connectivity index (χ3n) is 6.03. The summed E-state index contributed by atoms with van der Waals surface area (Å²) in [5.41, 5.74) is 13.7. The number of carboxylic acid groups (broad SMARTS) is 2. The number of hydrogen-bond acceptors (Lipinski definition) is 7. The van der Waals surface area contributed by atoms with Crippen LogP contribution in [0.25, 0.3) is 0 Å². The van der Waals surface area contributed by atoms with E-state index in [-0.39, 0.29) is 11.8 Å². The number of para-hydroxylation sites is 1. The fourth-order valence-electron chi connectivity index (χ4n) is 4.01. The molecule has 10 nitrogen and oxygen atoms in total. The van der Waals surface area contributed by atoms with Crippen LogP contribution in [0.4, 0.5) is 18.9 Å². The van der Waals surface area contributed by atoms with Crippen LogP contribution in [0.1, 0.15) is 68.4 Å². The molecule has 0 radical (unpaired) electrons. The van der Waals surface area contributed by atoms with Gasteiger partial charge < -0.3 is 21.7 Å². The number of nitrogens with two attached hydrogens (primary N) is 2. The minimum absolute atomic E-state index is 0.325. The number of aromatic nitrogens is 1. The fraction of sp³-hybridized carbons (Fsp3) is 0.321. The van der Waals surface area contributed by atoms with Crippen molar-refractivity contribution in [2.24, 2.45) is 11.5 Å². The minimum Gasteiger partial charge on any atom is -0.480 e. The summed E-state index contributed by atoms with van der Waals surface area (Å²) in [5, 5.41) is 16.6. The Morgan fingerprint density at radius 3 is 2.24 bits per heavy atom. The van der Waals surface area contributed by atoms with E-state index in [0.29, 0.717) is 28.7 Å². The second kappa shape index (κ2) is 15.6. The number of carboxylic acids is 2. The number of nitrogens with zero attached hydrogens (tertiary/aromatic N) is 2. The lowest BCUT2D eigenvalue weighted by atomic mass is 9.90. The van der Waals surface area contributed by atoms with Crippen LogP contribution in [-0.4, -0.2) is 51.7 Å². The van der Waals surface area contributed by atoms with Crippen LogP contribution >= 0.6 is 11.3 Å². The Morgan fingerprint density at radius 1 is 1.07 bits per heavy atom. The van der Waals surface area contributed by atoms with Crippen LogP contribution < -0.4 is 16.4 Å². The van der Waals surface area contributed by atoms with E-state index in [9.17, 15) is 27.6 Å². The molecule has 1 aliphatic rings. The van der Waals surface area contributed by atoms with Gasteiger partial charge in [0, 0.05) is 22.7 Å². The average molecular weight is 609 g/mol. The Hall–Kier alpha value is -4.30. The predicted molar refractivity (Wildman–Crippen MR) is 150 cm³/mol. The number of halogens is 3. The summed E-state index contributed by atoms with van der Waals surface area (Å²) in [7, 11) is 0. The van der Waals surface area contributed by atoms with Gasteiger partial charge in [0.2, 0.25) is 0 Å². The van der Waals surface area contributed by atoms with Crippen molar-refractivity contribution >= 4 is 40.8 Å². The van der Waals surface area contributed by atoms with E-state index in [0.717, 1.165) is 24.1 Å². The summed E-state index contributed by atoms with van der Waals surface area (Å²) in [6, 6.07) is 15.6. The third-order valence-corrected chi connectivity index (χ3v) is 7.30. The summed E-state index contributed by atoms with van der Waals surface area (Å²) < 4.78 is 31.7. The number of carbonyl (C=O) groups excluding carboxylic acids is 2. The number of aliphatic carboxylic acids is 2. The first-order valence-corrected chi connectivity index (χ1v) is 13.6. The van der Waals surface area contributed by atoms with Crippen LogP contribution in [0.5, 0.6) is 0 Å². The highest BCUT2D eigenvalue weighted by Gasteiger charge is 2.38. The fourth-order valence-corrected chi connectivity index (χ4v) is 5.20. The highest BCUT2D eigenvalue weighted by atomic mass is 32.1. The molecule has 3 aromatic rings. The molecule has 226 valence electrons. The summed E-state index contributed by atoms with van der Waals surface area (Å²) in [6.07, 6.45) is -0.527. The molecule has 0 fully saturated rings. The van der Waals surface area contributed by atoms with Gasteiger partial charge in [0.1, 0.15) is 6.54 Å². The molecule has 0 saturated carbocycles. The number of alkyl halides is 3. The summed E-state index contributed by atoms with van der Waals surface area (Å²) >= 11 is 1.49. The molecular formula is C28H31F3N4O6S. The van der Waals surface area contributed by atoms with Gasteiger partial charge in [-0.15, -0.1) is 11.3 Å². The normalized spacial score (nSPS) is 13.8. The van der Waals surface area contributed by atoms with Gasteiger partial charge in [-0.05, 0) is 61.4 Å². The Morgan fingerprint density at radius 2 is 1.71 bits per heavy atom. The number of thiazole rings is 1. The first-order chi connectivity index (χ1) is 19.8. The van der Waals surface area contributed by atoms with E-state index in [2.05, 4.69) is 11.9 Å². The Bertz CT molecular complexity index is 1380. The summed E-state index contributed by atoms with van der Waals surface area (Å²) in [5.74, 6) is -3.97. The smallest absolute Gasteiger partial charge is 0.480 e. The number of rotatable bonds is 7. The van der Waals surface area contributed by atoms with E-state index in [1.54, 1.807) is 42.5 Å². The van der Waals surface area contributed by atoms with Crippen LogP contribution in [0, 0.1) is 0 Å². The summed E-state index contributed by atoms with van der Waals surface area (Å²) in [6.45, 7) is 2.12. The number of anilines is 1. The molecule has 0 spiro atoms. The molecule has 14 heteroatoms. The molecule has 1 aliphatic carbocycles. The number of hydrogen-bond donors (Lipinski definition) is 4. The van der Waals surface area contributed by atoms with Crippen molar-refractivity contribution in [3.63, 3.8) is 0 Å². The van der Waals surface area contributed by atoms with E-state index < -0.39 is 24.7 Å². The molecular weight excluding hydrogens is 577 g/mol. The lowest BCUT2D eigenvalue weighted by Gasteiger charge is -2.21. The Balaban J connectivity index is 0.000000252. The van der Waals surface area contributed by atoms with Crippen molar-refractivity contribution in [3.05, 3.63) is 81.3 Å². The van der Waals surface area contributed by atoms with E-state index in [1.165, 1.54) is 34.0 Å². The largest absolute Gasteiger partial charge is 0.490 e. The Kier molecular flexibility index (Phi) is 12.6. The lowest BCUT2D eigenvalue weighted by Crippen LogP contribution is -2.35.